The molecule has 2 aromatic heterocycles. The average molecular weight is 471 g/mol. The van der Waals surface area contributed by atoms with E-state index in [1.165, 1.54) is 11.1 Å². The molecule has 0 amide bonds. The Morgan fingerprint density at radius 3 is 1.28 bits per heavy atom. The number of benzene rings is 3. The van der Waals surface area contributed by atoms with E-state index in [9.17, 15) is 0 Å². The second-order valence-corrected chi connectivity index (χ2v) is 9.53. The highest BCUT2D eigenvalue weighted by molar-refractivity contribution is 5.67. The van der Waals surface area contributed by atoms with Crippen LogP contribution >= 0.6 is 0 Å². The fourth-order valence-electron chi connectivity index (χ4n) is 3.94. The van der Waals surface area contributed by atoms with Gasteiger partial charge in [0.25, 0.3) is 0 Å². The van der Waals surface area contributed by atoms with Crippen molar-refractivity contribution in [2.75, 3.05) is 0 Å². The van der Waals surface area contributed by atoms with Crippen LogP contribution in [0.4, 0.5) is 0 Å². The van der Waals surface area contributed by atoms with E-state index in [0.717, 1.165) is 33.9 Å². The summed E-state index contributed by atoms with van der Waals surface area (Å²) in [5.41, 5.74) is 9.12. The zero-order valence-corrected chi connectivity index (χ0v) is 21.6. The minimum atomic E-state index is 0.480. The van der Waals surface area contributed by atoms with Crippen LogP contribution in [0.1, 0.15) is 50.8 Å². The van der Waals surface area contributed by atoms with Gasteiger partial charge in [-0.2, -0.15) is 0 Å². The zero-order valence-electron chi connectivity index (χ0n) is 21.6. The highest BCUT2D eigenvalue weighted by atomic mass is 14.7. The summed E-state index contributed by atoms with van der Waals surface area (Å²) in [6, 6.07) is 41.6. The second kappa shape index (κ2) is 12.1. The van der Waals surface area contributed by atoms with Crippen molar-refractivity contribution < 1.29 is 0 Å². The molecule has 0 spiro atoms. The minimum absolute atomic E-state index is 0.480. The molecule has 180 valence electrons. The zero-order chi connectivity index (χ0) is 25.3. The molecule has 36 heavy (non-hydrogen) atoms. The predicted molar refractivity (Wildman–Crippen MR) is 153 cm³/mol. The van der Waals surface area contributed by atoms with Gasteiger partial charge < -0.3 is 0 Å². The van der Waals surface area contributed by atoms with Crippen LogP contribution in [0.5, 0.6) is 0 Å². The molecule has 0 bridgehead atoms. The Morgan fingerprint density at radius 2 is 0.861 bits per heavy atom. The summed E-state index contributed by atoms with van der Waals surface area (Å²) in [7, 11) is 0. The largest absolute Gasteiger partial charge is 0.253 e. The second-order valence-electron chi connectivity index (χ2n) is 9.53. The van der Waals surface area contributed by atoms with E-state index in [2.05, 4.69) is 124 Å². The average Bonchev–Trinajstić information content (AvgIpc) is 2.94. The lowest BCUT2D eigenvalue weighted by Gasteiger charge is -2.12. The maximum atomic E-state index is 4.86. The van der Waals surface area contributed by atoms with Gasteiger partial charge in [-0.15, -0.1) is 0 Å². The SMILES string of the molecule is CC(C)c1cc(-c2ccccc2)nc(-c2ccccc2)c1.CC(C)c1cccc(-c2ccccc2)n1. The molecule has 2 heterocycles. The minimum Gasteiger partial charge on any atom is -0.253 e. The molecule has 0 aliphatic rings. The van der Waals surface area contributed by atoms with Crippen LogP contribution in [0.3, 0.4) is 0 Å². The van der Waals surface area contributed by atoms with E-state index in [1.807, 2.05) is 30.3 Å². The van der Waals surface area contributed by atoms with Gasteiger partial charge in [0.1, 0.15) is 0 Å². The van der Waals surface area contributed by atoms with Crippen molar-refractivity contribution in [1.29, 1.82) is 0 Å². The molecule has 3 aromatic carbocycles. The van der Waals surface area contributed by atoms with Gasteiger partial charge in [-0.25, -0.2) is 4.98 Å². The van der Waals surface area contributed by atoms with Crippen LogP contribution in [0.15, 0.2) is 121 Å². The first-order chi connectivity index (χ1) is 17.5. The molecule has 2 nitrogen and oxygen atoms in total. The van der Waals surface area contributed by atoms with E-state index >= 15 is 0 Å². The van der Waals surface area contributed by atoms with Crippen molar-refractivity contribution in [3.63, 3.8) is 0 Å². The third-order valence-electron chi connectivity index (χ3n) is 6.09. The Balaban J connectivity index is 0.000000179. The van der Waals surface area contributed by atoms with Gasteiger partial charge in [0.15, 0.2) is 0 Å². The van der Waals surface area contributed by atoms with Crippen LogP contribution < -0.4 is 0 Å². The van der Waals surface area contributed by atoms with Crippen molar-refractivity contribution >= 4 is 0 Å². The summed E-state index contributed by atoms with van der Waals surface area (Å²) in [5.74, 6) is 0.964. The molecule has 0 aliphatic heterocycles. The molecule has 5 aromatic rings. The molecule has 5 rings (SSSR count). The van der Waals surface area contributed by atoms with Gasteiger partial charge in [-0.05, 0) is 41.7 Å². The predicted octanol–water partition coefficient (Wildman–Crippen LogP) is 9.41. The maximum absolute atomic E-state index is 4.86. The van der Waals surface area contributed by atoms with Crippen LogP contribution in [0.25, 0.3) is 33.8 Å². The molecule has 0 saturated heterocycles. The number of aromatic nitrogens is 2. The first-order valence-corrected chi connectivity index (χ1v) is 12.7. The Hall–Kier alpha value is -4.04. The topological polar surface area (TPSA) is 25.8 Å². The number of rotatable bonds is 5. The van der Waals surface area contributed by atoms with Crippen molar-refractivity contribution in [1.82, 2.24) is 9.97 Å². The van der Waals surface area contributed by atoms with Gasteiger partial charge in [-0.1, -0.05) is 125 Å². The first-order valence-electron chi connectivity index (χ1n) is 12.7. The summed E-state index contributed by atoms with van der Waals surface area (Å²) in [5, 5.41) is 0. The maximum Gasteiger partial charge on any atom is 0.0712 e. The molecule has 0 radical (unpaired) electrons. The fraction of sp³-hybridized carbons (Fsp3) is 0.176. The Kier molecular flexibility index (Phi) is 8.41. The van der Waals surface area contributed by atoms with Crippen molar-refractivity contribution in [2.45, 2.75) is 39.5 Å². The summed E-state index contributed by atoms with van der Waals surface area (Å²) in [6.07, 6.45) is 0. The van der Waals surface area contributed by atoms with Gasteiger partial charge in [-0.3, -0.25) is 4.98 Å². The Labute approximate surface area is 215 Å². The van der Waals surface area contributed by atoms with Crippen molar-refractivity contribution in [2.24, 2.45) is 0 Å². The van der Waals surface area contributed by atoms with Gasteiger partial charge in [0, 0.05) is 22.4 Å². The molecule has 0 saturated carbocycles. The molecule has 0 N–H and O–H groups in total. The van der Waals surface area contributed by atoms with Gasteiger partial charge in [0.05, 0.1) is 17.1 Å². The highest BCUT2D eigenvalue weighted by Crippen LogP contribution is 2.28. The quantitative estimate of drug-likeness (QED) is 0.256. The Bertz CT molecular complexity index is 1300. The van der Waals surface area contributed by atoms with E-state index in [4.69, 9.17) is 4.98 Å². The molecule has 0 aliphatic carbocycles. The number of hydrogen-bond acceptors (Lipinski definition) is 2. The summed E-state index contributed by atoms with van der Waals surface area (Å²) < 4.78 is 0. The lowest BCUT2D eigenvalue weighted by molar-refractivity contribution is 0.824. The summed E-state index contributed by atoms with van der Waals surface area (Å²) in [4.78, 5) is 9.50. The van der Waals surface area contributed by atoms with E-state index in [1.54, 1.807) is 0 Å². The molecule has 0 fully saturated rings. The number of hydrogen-bond donors (Lipinski definition) is 0. The van der Waals surface area contributed by atoms with Crippen molar-refractivity contribution in [3.05, 3.63) is 133 Å². The summed E-state index contributed by atoms with van der Waals surface area (Å²) >= 11 is 0. The van der Waals surface area contributed by atoms with Gasteiger partial charge >= 0.3 is 0 Å². The molecule has 0 unspecified atom stereocenters. The Morgan fingerprint density at radius 1 is 0.417 bits per heavy atom. The van der Waals surface area contributed by atoms with E-state index < -0.39 is 0 Å². The van der Waals surface area contributed by atoms with E-state index in [-0.39, 0.29) is 0 Å². The van der Waals surface area contributed by atoms with Crippen LogP contribution in [-0.4, -0.2) is 9.97 Å². The molecular weight excluding hydrogens is 436 g/mol. The van der Waals surface area contributed by atoms with Gasteiger partial charge in [0.2, 0.25) is 0 Å². The van der Waals surface area contributed by atoms with E-state index in [0.29, 0.717) is 11.8 Å². The third kappa shape index (κ3) is 6.55. The van der Waals surface area contributed by atoms with Crippen LogP contribution in [0, 0.1) is 0 Å². The molecule has 2 heteroatoms. The highest BCUT2D eigenvalue weighted by Gasteiger charge is 2.09. The van der Waals surface area contributed by atoms with Crippen LogP contribution in [-0.2, 0) is 0 Å². The molecule has 0 atom stereocenters. The van der Waals surface area contributed by atoms with Crippen LogP contribution in [0.2, 0.25) is 0 Å². The third-order valence-corrected chi connectivity index (χ3v) is 6.09. The first kappa shape index (κ1) is 25.1. The molecular formula is C34H34N2. The lowest BCUT2D eigenvalue weighted by Crippen LogP contribution is -1.94. The normalized spacial score (nSPS) is 10.7. The lowest BCUT2D eigenvalue weighted by atomic mass is 9.98. The smallest absolute Gasteiger partial charge is 0.0712 e. The standard InChI is InChI=1S/C20H19N.C14H15N/c1-15(2)18-13-19(16-9-5-3-6-10-16)21-20(14-18)17-11-7-4-8-12-17;1-11(2)13-9-6-10-14(15-13)12-7-4-3-5-8-12/h3-15H,1-2H3;3-11H,1-2H3. The van der Waals surface area contributed by atoms with Crippen molar-refractivity contribution in [3.8, 4) is 33.8 Å². The monoisotopic (exact) mass is 470 g/mol. The number of nitrogens with zero attached hydrogens (tertiary/aromatic N) is 2. The number of pyridine rings is 2. The fourth-order valence-corrected chi connectivity index (χ4v) is 3.94. The summed E-state index contributed by atoms with van der Waals surface area (Å²) in [6.45, 7) is 8.77.